The normalized spacial score (nSPS) is 19.5. The van der Waals surface area contributed by atoms with Crippen LogP contribution in [0.25, 0.3) is 11.3 Å². The Hall–Kier alpha value is -2.63. The van der Waals surface area contributed by atoms with Crippen molar-refractivity contribution in [1.82, 2.24) is 14.8 Å². The Morgan fingerprint density at radius 2 is 1.86 bits per heavy atom. The van der Waals surface area contributed by atoms with Crippen molar-refractivity contribution in [3.63, 3.8) is 0 Å². The van der Waals surface area contributed by atoms with Gasteiger partial charge in [-0.15, -0.1) is 0 Å². The Balaban J connectivity index is 1.39. The van der Waals surface area contributed by atoms with Gasteiger partial charge in [0.05, 0.1) is 6.20 Å². The summed E-state index contributed by atoms with van der Waals surface area (Å²) in [6.45, 7) is 6.50. The summed E-state index contributed by atoms with van der Waals surface area (Å²) in [6, 6.07) is 7.74. The number of carbonyl (C=O) groups excluding carboxylic acids is 2. The lowest BCUT2D eigenvalue weighted by Crippen LogP contribution is -2.54. The first-order valence-electron chi connectivity index (χ1n) is 10.1. The Morgan fingerprint density at radius 1 is 1.14 bits per heavy atom. The van der Waals surface area contributed by atoms with E-state index in [1.54, 1.807) is 6.20 Å². The summed E-state index contributed by atoms with van der Waals surface area (Å²) in [7, 11) is 0. The van der Waals surface area contributed by atoms with Crippen molar-refractivity contribution in [2.24, 2.45) is 5.41 Å². The second-order valence-corrected chi connectivity index (χ2v) is 8.35. The zero-order valence-electron chi connectivity index (χ0n) is 16.6. The molecule has 0 saturated carbocycles. The SMILES string of the molecule is CC(C)N1CC2(CCC1=O)CCN(C(=O)c1ccc(-c3cnco3)cc1)CC2. The van der Waals surface area contributed by atoms with E-state index in [2.05, 4.69) is 18.8 Å². The van der Waals surface area contributed by atoms with E-state index in [9.17, 15) is 9.59 Å². The number of hydrogen-bond donors (Lipinski definition) is 0. The van der Waals surface area contributed by atoms with E-state index in [1.807, 2.05) is 34.1 Å². The monoisotopic (exact) mass is 381 g/mol. The van der Waals surface area contributed by atoms with Crippen molar-refractivity contribution < 1.29 is 14.0 Å². The number of benzene rings is 1. The molecular weight excluding hydrogens is 354 g/mol. The van der Waals surface area contributed by atoms with Crippen molar-refractivity contribution in [2.75, 3.05) is 19.6 Å². The van der Waals surface area contributed by atoms with Crippen LogP contribution in [0.2, 0.25) is 0 Å². The molecule has 1 aromatic heterocycles. The number of nitrogens with zero attached hydrogens (tertiary/aromatic N) is 3. The first-order valence-corrected chi connectivity index (χ1v) is 10.1. The van der Waals surface area contributed by atoms with Gasteiger partial charge >= 0.3 is 0 Å². The molecule has 1 spiro atoms. The lowest BCUT2D eigenvalue weighted by Gasteiger charge is -2.48. The molecule has 0 aliphatic carbocycles. The van der Waals surface area contributed by atoms with Crippen molar-refractivity contribution in [3.8, 4) is 11.3 Å². The van der Waals surface area contributed by atoms with Crippen LogP contribution in [0.5, 0.6) is 0 Å². The molecule has 0 bridgehead atoms. The van der Waals surface area contributed by atoms with Gasteiger partial charge in [-0.3, -0.25) is 9.59 Å². The van der Waals surface area contributed by atoms with Crippen LogP contribution in [0.3, 0.4) is 0 Å². The van der Waals surface area contributed by atoms with Crippen molar-refractivity contribution in [1.29, 1.82) is 0 Å². The molecule has 1 aromatic carbocycles. The molecule has 28 heavy (non-hydrogen) atoms. The van der Waals surface area contributed by atoms with Gasteiger partial charge in [0.15, 0.2) is 12.2 Å². The van der Waals surface area contributed by atoms with Gasteiger partial charge in [-0.05, 0) is 50.7 Å². The lowest BCUT2D eigenvalue weighted by molar-refractivity contribution is -0.141. The Labute approximate surface area is 165 Å². The molecule has 0 N–H and O–H groups in total. The first-order chi connectivity index (χ1) is 13.5. The van der Waals surface area contributed by atoms with Crippen LogP contribution >= 0.6 is 0 Å². The smallest absolute Gasteiger partial charge is 0.253 e. The van der Waals surface area contributed by atoms with Crippen LogP contribution < -0.4 is 0 Å². The van der Waals surface area contributed by atoms with Gasteiger partial charge in [0, 0.05) is 43.2 Å². The second kappa shape index (κ2) is 7.41. The summed E-state index contributed by atoms with van der Waals surface area (Å²) < 4.78 is 5.30. The average Bonchev–Trinajstić information content (AvgIpc) is 3.25. The van der Waals surface area contributed by atoms with E-state index in [1.165, 1.54) is 6.39 Å². The number of likely N-dealkylation sites (tertiary alicyclic amines) is 2. The molecule has 2 amide bonds. The molecule has 148 valence electrons. The number of oxazole rings is 1. The van der Waals surface area contributed by atoms with Crippen molar-refractivity contribution in [2.45, 2.75) is 45.6 Å². The summed E-state index contributed by atoms with van der Waals surface area (Å²) in [4.78, 5) is 33.0. The zero-order valence-corrected chi connectivity index (χ0v) is 16.6. The van der Waals surface area contributed by atoms with Crippen LogP contribution in [-0.4, -0.2) is 52.3 Å². The third-order valence-corrected chi connectivity index (χ3v) is 6.28. The van der Waals surface area contributed by atoms with Crippen LogP contribution in [0, 0.1) is 5.41 Å². The molecule has 0 radical (unpaired) electrons. The van der Waals surface area contributed by atoms with Gasteiger partial charge in [-0.25, -0.2) is 4.98 Å². The van der Waals surface area contributed by atoms with Crippen LogP contribution in [0.4, 0.5) is 0 Å². The van der Waals surface area contributed by atoms with Gasteiger partial charge < -0.3 is 14.2 Å². The predicted octanol–water partition coefficient (Wildman–Crippen LogP) is 3.59. The fraction of sp³-hybridized carbons (Fsp3) is 0.500. The van der Waals surface area contributed by atoms with E-state index in [0.29, 0.717) is 17.7 Å². The highest BCUT2D eigenvalue weighted by Gasteiger charge is 2.42. The summed E-state index contributed by atoms with van der Waals surface area (Å²) in [6.07, 6.45) is 6.57. The standard InChI is InChI=1S/C22H27N3O3/c1-16(2)25-14-22(8-7-20(25)26)9-11-24(12-10-22)21(27)18-5-3-17(4-6-18)19-13-23-15-28-19/h3-6,13,15-16H,7-12,14H2,1-2H3. The topological polar surface area (TPSA) is 66.7 Å². The summed E-state index contributed by atoms with van der Waals surface area (Å²) in [5, 5.41) is 0. The molecule has 2 aromatic rings. The van der Waals surface area contributed by atoms with Gasteiger partial charge in [-0.1, -0.05) is 12.1 Å². The third-order valence-electron chi connectivity index (χ3n) is 6.28. The lowest BCUT2D eigenvalue weighted by atomic mass is 9.72. The predicted molar refractivity (Wildman–Crippen MR) is 106 cm³/mol. The summed E-state index contributed by atoms with van der Waals surface area (Å²) in [5.74, 6) is 1.04. The van der Waals surface area contributed by atoms with Crippen LogP contribution in [0.15, 0.2) is 41.3 Å². The van der Waals surface area contributed by atoms with Gasteiger partial charge in [0.25, 0.3) is 5.91 Å². The van der Waals surface area contributed by atoms with Gasteiger partial charge in [0.1, 0.15) is 0 Å². The van der Waals surface area contributed by atoms with E-state index in [4.69, 9.17) is 4.42 Å². The maximum absolute atomic E-state index is 12.9. The average molecular weight is 381 g/mol. The van der Waals surface area contributed by atoms with E-state index < -0.39 is 0 Å². The molecular formula is C22H27N3O3. The van der Waals surface area contributed by atoms with E-state index >= 15 is 0 Å². The van der Waals surface area contributed by atoms with Crippen LogP contribution in [-0.2, 0) is 4.79 Å². The second-order valence-electron chi connectivity index (χ2n) is 8.35. The Bertz CT molecular complexity index is 834. The third kappa shape index (κ3) is 3.55. The Kier molecular flexibility index (Phi) is 4.96. The molecule has 2 saturated heterocycles. The van der Waals surface area contributed by atoms with Crippen molar-refractivity contribution >= 4 is 11.8 Å². The number of piperidine rings is 2. The molecule has 2 aliphatic rings. The molecule has 2 fully saturated rings. The minimum Gasteiger partial charge on any atom is -0.444 e. The maximum Gasteiger partial charge on any atom is 0.253 e. The molecule has 0 unspecified atom stereocenters. The molecule has 0 atom stereocenters. The largest absolute Gasteiger partial charge is 0.444 e. The van der Waals surface area contributed by atoms with Crippen molar-refractivity contribution in [3.05, 3.63) is 42.4 Å². The molecule has 3 heterocycles. The summed E-state index contributed by atoms with van der Waals surface area (Å²) >= 11 is 0. The molecule has 2 aliphatic heterocycles. The number of amides is 2. The first kappa shape index (κ1) is 18.7. The quantitative estimate of drug-likeness (QED) is 0.815. The fourth-order valence-electron chi connectivity index (χ4n) is 4.43. The fourth-order valence-corrected chi connectivity index (χ4v) is 4.43. The van der Waals surface area contributed by atoms with Gasteiger partial charge in [-0.2, -0.15) is 0 Å². The highest BCUT2D eigenvalue weighted by molar-refractivity contribution is 5.94. The molecule has 6 heteroatoms. The zero-order chi connectivity index (χ0) is 19.7. The molecule has 6 nitrogen and oxygen atoms in total. The number of carbonyl (C=O) groups is 2. The number of aromatic nitrogens is 1. The summed E-state index contributed by atoms with van der Waals surface area (Å²) in [5.41, 5.74) is 1.78. The number of hydrogen-bond acceptors (Lipinski definition) is 4. The minimum atomic E-state index is 0.0755. The number of rotatable bonds is 3. The highest BCUT2D eigenvalue weighted by Crippen LogP contribution is 2.41. The van der Waals surface area contributed by atoms with Crippen LogP contribution in [0.1, 0.15) is 49.9 Å². The molecule has 4 rings (SSSR count). The Morgan fingerprint density at radius 3 is 2.46 bits per heavy atom. The van der Waals surface area contributed by atoms with E-state index in [0.717, 1.165) is 44.5 Å². The maximum atomic E-state index is 12.9. The minimum absolute atomic E-state index is 0.0755. The highest BCUT2D eigenvalue weighted by atomic mass is 16.3. The van der Waals surface area contributed by atoms with Gasteiger partial charge in [0.2, 0.25) is 5.91 Å². The van der Waals surface area contributed by atoms with E-state index in [-0.39, 0.29) is 23.3 Å².